The van der Waals surface area contributed by atoms with E-state index in [1.54, 1.807) is 11.6 Å². The third kappa shape index (κ3) is 2.21. The van der Waals surface area contributed by atoms with Crippen LogP contribution in [0.3, 0.4) is 0 Å². The summed E-state index contributed by atoms with van der Waals surface area (Å²) in [6.45, 7) is 4.71. The Morgan fingerprint density at radius 1 is 1.62 bits per heavy atom. The van der Waals surface area contributed by atoms with E-state index in [2.05, 4.69) is 10.4 Å². The first-order valence-electron chi connectivity index (χ1n) is 5.57. The molecule has 1 aliphatic rings. The zero-order valence-electron chi connectivity index (χ0n) is 9.39. The van der Waals surface area contributed by atoms with Gasteiger partial charge in [-0.25, -0.2) is 5.21 Å². The summed E-state index contributed by atoms with van der Waals surface area (Å²) < 4.78 is 1.80. The minimum Gasteiger partial charge on any atom is -0.317 e. The summed E-state index contributed by atoms with van der Waals surface area (Å²) in [6, 6.07) is 0. The molecule has 1 fully saturated rings. The molecule has 0 saturated carbocycles. The second-order valence-corrected chi connectivity index (χ2v) is 4.26. The van der Waals surface area contributed by atoms with Gasteiger partial charge in [0.15, 0.2) is 0 Å². The van der Waals surface area contributed by atoms with Crippen LogP contribution < -0.4 is 5.32 Å². The second kappa shape index (κ2) is 4.61. The normalized spacial score (nSPS) is 17.6. The molecule has 88 valence electrons. The molecule has 0 aromatic carbocycles. The minimum absolute atomic E-state index is 0.124. The number of piperidine rings is 1. The fourth-order valence-electron chi connectivity index (χ4n) is 2.12. The Labute approximate surface area is 93.8 Å². The maximum Gasteiger partial charge on any atom is 0.356 e. The first-order valence-corrected chi connectivity index (χ1v) is 5.57. The quantitative estimate of drug-likeness (QED) is 0.753. The van der Waals surface area contributed by atoms with Crippen LogP contribution in [0.4, 0.5) is 5.69 Å². The third-order valence-corrected chi connectivity index (χ3v) is 3.17. The minimum atomic E-state index is -0.124. The third-order valence-electron chi connectivity index (χ3n) is 3.17. The van der Waals surface area contributed by atoms with E-state index in [9.17, 15) is 4.91 Å². The molecule has 16 heavy (non-hydrogen) atoms. The Hall–Kier alpha value is -1.43. The Morgan fingerprint density at radius 2 is 2.31 bits per heavy atom. The van der Waals surface area contributed by atoms with E-state index in [0.717, 1.165) is 38.2 Å². The number of nitrogens with one attached hydrogen (secondary N) is 1. The van der Waals surface area contributed by atoms with E-state index in [1.807, 2.05) is 0 Å². The van der Waals surface area contributed by atoms with Crippen molar-refractivity contribution in [3.8, 4) is 0 Å². The van der Waals surface area contributed by atoms with E-state index < -0.39 is 0 Å². The number of nitrogens with zero attached hydrogens (tertiary/aromatic N) is 3. The van der Waals surface area contributed by atoms with E-state index in [-0.39, 0.29) is 10.6 Å². The molecule has 6 nitrogen and oxygen atoms in total. The molecule has 0 spiro atoms. The Bertz CT molecular complexity index is 382. The van der Waals surface area contributed by atoms with Gasteiger partial charge in [0.05, 0.1) is 4.91 Å². The van der Waals surface area contributed by atoms with Crippen molar-refractivity contribution in [2.45, 2.75) is 26.3 Å². The molecule has 0 atom stereocenters. The van der Waals surface area contributed by atoms with Gasteiger partial charge in [-0.05, 0) is 38.8 Å². The number of rotatable bonds is 3. The van der Waals surface area contributed by atoms with Crippen molar-refractivity contribution in [1.82, 2.24) is 15.1 Å². The molecule has 2 rings (SSSR count). The van der Waals surface area contributed by atoms with Crippen molar-refractivity contribution in [2.75, 3.05) is 13.1 Å². The summed E-state index contributed by atoms with van der Waals surface area (Å²) in [5.41, 5.74) is 0.949. The molecular formula is C10H17N4O2+. The summed E-state index contributed by atoms with van der Waals surface area (Å²) in [4.78, 5) is 10.7. The second-order valence-electron chi connectivity index (χ2n) is 4.26. The summed E-state index contributed by atoms with van der Waals surface area (Å²) in [7, 11) is 0. The SMILES string of the molecule is Cc1c([N+](=O)O)cnn1CC1CCNCC1. The van der Waals surface area contributed by atoms with E-state index in [0.29, 0.717) is 5.92 Å². The molecule has 2 N–H and O–H groups in total. The van der Waals surface area contributed by atoms with Crippen molar-refractivity contribution in [2.24, 2.45) is 5.92 Å². The lowest BCUT2D eigenvalue weighted by Crippen LogP contribution is -2.30. The smallest absolute Gasteiger partial charge is 0.317 e. The maximum absolute atomic E-state index is 10.8. The van der Waals surface area contributed by atoms with Gasteiger partial charge in [0.2, 0.25) is 0 Å². The molecule has 0 unspecified atom stereocenters. The molecule has 0 bridgehead atoms. The topological polar surface area (TPSA) is 70.2 Å². The van der Waals surface area contributed by atoms with Crippen LogP contribution in [-0.4, -0.2) is 33.0 Å². The molecule has 2 heterocycles. The van der Waals surface area contributed by atoms with Gasteiger partial charge >= 0.3 is 5.69 Å². The predicted octanol–water partition coefficient (Wildman–Crippen LogP) is 0.991. The van der Waals surface area contributed by atoms with Gasteiger partial charge in [-0.2, -0.15) is 5.10 Å². The summed E-state index contributed by atoms with van der Waals surface area (Å²) in [6.07, 6.45) is 3.67. The zero-order valence-corrected chi connectivity index (χ0v) is 9.39. The average Bonchev–Trinajstić information content (AvgIpc) is 2.62. The first-order chi connectivity index (χ1) is 7.68. The maximum atomic E-state index is 10.8. The molecule has 1 aliphatic heterocycles. The lowest BCUT2D eigenvalue weighted by Gasteiger charge is -2.22. The standard InChI is InChI=1S/C10H17N4O2/c1-8-10(14(15)16)6-12-13(8)7-9-2-4-11-5-3-9/h6,9,11H,2-5,7H2,1H3,(H,15,16)/q+1. The highest BCUT2D eigenvalue weighted by Gasteiger charge is 2.23. The van der Waals surface area contributed by atoms with Gasteiger partial charge in [-0.3, -0.25) is 4.68 Å². The van der Waals surface area contributed by atoms with Crippen LogP contribution in [0.15, 0.2) is 6.20 Å². The monoisotopic (exact) mass is 225 g/mol. The molecule has 0 aliphatic carbocycles. The zero-order chi connectivity index (χ0) is 11.5. The number of hydrogen-bond donors (Lipinski definition) is 2. The first kappa shape index (κ1) is 11.1. The van der Waals surface area contributed by atoms with Crippen LogP contribution in [0.2, 0.25) is 0 Å². The molecule has 6 heteroatoms. The van der Waals surface area contributed by atoms with Crippen molar-refractivity contribution >= 4 is 5.69 Å². The van der Waals surface area contributed by atoms with Gasteiger partial charge in [-0.15, -0.1) is 0 Å². The van der Waals surface area contributed by atoms with Gasteiger partial charge < -0.3 is 5.32 Å². The van der Waals surface area contributed by atoms with Crippen LogP contribution in [0.5, 0.6) is 0 Å². The van der Waals surface area contributed by atoms with Crippen LogP contribution >= 0.6 is 0 Å². The van der Waals surface area contributed by atoms with Gasteiger partial charge in [-0.1, -0.05) is 0 Å². The molecule has 1 saturated heterocycles. The summed E-state index contributed by atoms with van der Waals surface area (Å²) >= 11 is 0. The molecule has 1 aromatic heterocycles. The van der Waals surface area contributed by atoms with Crippen molar-refractivity contribution in [3.63, 3.8) is 0 Å². The van der Waals surface area contributed by atoms with Crippen molar-refractivity contribution < 1.29 is 10.1 Å². The number of hydrogen-bond acceptors (Lipinski definition) is 3. The van der Waals surface area contributed by atoms with E-state index in [4.69, 9.17) is 5.21 Å². The van der Waals surface area contributed by atoms with Gasteiger partial charge in [0.1, 0.15) is 11.9 Å². The molecular weight excluding hydrogens is 208 g/mol. The largest absolute Gasteiger partial charge is 0.356 e. The molecule has 1 aromatic rings. The fourth-order valence-corrected chi connectivity index (χ4v) is 2.12. The summed E-state index contributed by atoms with van der Waals surface area (Å²) in [5, 5.41) is 16.3. The Morgan fingerprint density at radius 3 is 2.88 bits per heavy atom. The highest BCUT2D eigenvalue weighted by Crippen LogP contribution is 2.19. The van der Waals surface area contributed by atoms with Crippen LogP contribution in [0.1, 0.15) is 18.5 Å². The molecule has 0 radical (unpaired) electrons. The Balaban J connectivity index is 2.06. The Kier molecular flexibility index (Phi) is 3.19. The average molecular weight is 225 g/mol. The predicted molar refractivity (Wildman–Crippen MR) is 57.6 cm³/mol. The lowest BCUT2D eigenvalue weighted by molar-refractivity contribution is -0.730. The van der Waals surface area contributed by atoms with Gasteiger partial charge in [0.25, 0.3) is 4.92 Å². The van der Waals surface area contributed by atoms with Crippen LogP contribution in [0.25, 0.3) is 0 Å². The van der Waals surface area contributed by atoms with E-state index >= 15 is 0 Å². The molecule has 0 amide bonds. The van der Waals surface area contributed by atoms with Crippen molar-refractivity contribution in [1.29, 1.82) is 0 Å². The summed E-state index contributed by atoms with van der Waals surface area (Å²) in [5.74, 6) is 0.603. The highest BCUT2D eigenvalue weighted by molar-refractivity contribution is 5.30. The van der Waals surface area contributed by atoms with Crippen LogP contribution in [-0.2, 0) is 6.54 Å². The van der Waals surface area contributed by atoms with Gasteiger partial charge in [0, 0.05) is 6.54 Å². The van der Waals surface area contributed by atoms with Crippen molar-refractivity contribution in [3.05, 3.63) is 16.8 Å². The van der Waals surface area contributed by atoms with Crippen LogP contribution in [0, 0.1) is 17.7 Å². The number of aromatic nitrogens is 2. The fraction of sp³-hybridized carbons (Fsp3) is 0.700. The lowest BCUT2D eigenvalue weighted by atomic mass is 9.98. The highest BCUT2D eigenvalue weighted by atomic mass is 16.6. The van der Waals surface area contributed by atoms with E-state index in [1.165, 1.54) is 6.20 Å².